The highest BCUT2D eigenvalue weighted by Gasteiger charge is 2.18. The summed E-state index contributed by atoms with van der Waals surface area (Å²) in [5, 5.41) is 1.75. The topological polar surface area (TPSA) is 59.3 Å². The minimum atomic E-state index is -3.52. The number of fused-ring (bicyclic) bond motifs is 3. The zero-order chi connectivity index (χ0) is 16.4. The van der Waals surface area contributed by atoms with Crippen LogP contribution >= 0.6 is 0 Å². The van der Waals surface area contributed by atoms with Gasteiger partial charge in [-0.05, 0) is 37.6 Å². The molecule has 122 valence electrons. The van der Waals surface area contributed by atoms with Gasteiger partial charge < -0.3 is 4.42 Å². The van der Waals surface area contributed by atoms with E-state index in [4.69, 9.17) is 4.42 Å². The van der Waals surface area contributed by atoms with Gasteiger partial charge in [-0.1, -0.05) is 38.0 Å². The molecule has 0 bridgehead atoms. The van der Waals surface area contributed by atoms with Gasteiger partial charge in [0.2, 0.25) is 10.0 Å². The highest BCUT2D eigenvalue weighted by atomic mass is 32.2. The van der Waals surface area contributed by atoms with Gasteiger partial charge in [0.05, 0.1) is 4.90 Å². The van der Waals surface area contributed by atoms with Crippen LogP contribution in [0, 0.1) is 0 Å². The van der Waals surface area contributed by atoms with Crippen LogP contribution in [-0.2, 0) is 10.0 Å². The minimum absolute atomic E-state index is 0.0725. The lowest BCUT2D eigenvalue weighted by Gasteiger charge is -2.13. The summed E-state index contributed by atoms with van der Waals surface area (Å²) in [6, 6.07) is 12.6. The van der Waals surface area contributed by atoms with Crippen LogP contribution in [0.4, 0.5) is 0 Å². The largest absolute Gasteiger partial charge is 0.456 e. The van der Waals surface area contributed by atoms with Gasteiger partial charge >= 0.3 is 0 Å². The Bertz CT molecular complexity index is 928. The van der Waals surface area contributed by atoms with Gasteiger partial charge in [-0.25, -0.2) is 13.1 Å². The van der Waals surface area contributed by atoms with Crippen molar-refractivity contribution in [2.24, 2.45) is 0 Å². The zero-order valence-electron chi connectivity index (χ0n) is 13.4. The standard InChI is InChI=1S/C18H21NO3S/c1-3-4-7-13(2)19-23(20,21)14-10-11-18-16(12-14)15-8-5-6-9-17(15)22-18/h5-6,8-13,19H,3-4,7H2,1-2H3. The van der Waals surface area contributed by atoms with Crippen molar-refractivity contribution in [1.29, 1.82) is 0 Å². The first kappa shape index (κ1) is 16.0. The second-order valence-corrected chi connectivity index (χ2v) is 7.63. The predicted molar refractivity (Wildman–Crippen MR) is 93.0 cm³/mol. The Labute approximate surface area is 136 Å². The summed E-state index contributed by atoms with van der Waals surface area (Å²) >= 11 is 0. The van der Waals surface area contributed by atoms with Crippen molar-refractivity contribution < 1.29 is 12.8 Å². The fourth-order valence-corrected chi connectivity index (χ4v) is 4.08. The van der Waals surface area contributed by atoms with Gasteiger partial charge in [-0.3, -0.25) is 0 Å². The van der Waals surface area contributed by atoms with Crippen molar-refractivity contribution in [3.05, 3.63) is 42.5 Å². The molecule has 3 aromatic rings. The number of para-hydroxylation sites is 1. The smallest absolute Gasteiger partial charge is 0.240 e. The molecule has 5 heteroatoms. The van der Waals surface area contributed by atoms with Crippen LogP contribution in [0.15, 0.2) is 51.8 Å². The Morgan fingerprint density at radius 1 is 1.09 bits per heavy atom. The number of rotatable bonds is 6. The van der Waals surface area contributed by atoms with E-state index in [2.05, 4.69) is 11.6 Å². The van der Waals surface area contributed by atoms with Crippen LogP contribution in [-0.4, -0.2) is 14.5 Å². The maximum absolute atomic E-state index is 12.6. The number of nitrogens with one attached hydrogen (secondary N) is 1. The van der Waals surface area contributed by atoms with Crippen molar-refractivity contribution in [3.63, 3.8) is 0 Å². The van der Waals surface area contributed by atoms with Crippen LogP contribution in [0.5, 0.6) is 0 Å². The lowest BCUT2D eigenvalue weighted by molar-refractivity contribution is 0.534. The molecule has 0 aliphatic rings. The summed E-state index contributed by atoms with van der Waals surface area (Å²) in [5.74, 6) is 0. The quantitative estimate of drug-likeness (QED) is 0.726. The molecule has 0 radical (unpaired) electrons. The van der Waals surface area contributed by atoms with E-state index in [1.54, 1.807) is 18.2 Å². The predicted octanol–water partition coefficient (Wildman–Crippen LogP) is 4.44. The molecular weight excluding hydrogens is 310 g/mol. The Kier molecular flexibility index (Phi) is 4.41. The monoisotopic (exact) mass is 331 g/mol. The lowest BCUT2D eigenvalue weighted by atomic mass is 10.1. The third-order valence-electron chi connectivity index (χ3n) is 4.01. The van der Waals surface area contributed by atoms with Gasteiger partial charge in [0, 0.05) is 16.8 Å². The molecule has 0 spiro atoms. The fraction of sp³-hybridized carbons (Fsp3) is 0.333. The summed E-state index contributed by atoms with van der Waals surface area (Å²) in [6.07, 6.45) is 2.90. The summed E-state index contributed by atoms with van der Waals surface area (Å²) < 4.78 is 33.6. The molecule has 3 rings (SSSR count). The number of benzene rings is 2. The van der Waals surface area contributed by atoms with Crippen molar-refractivity contribution >= 4 is 32.0 Å². The van der Waals surface area contributed by atoms with Crippen LogP contribution < -0.4 is 4.72 Å². The van der Waals surface area contributed by atoms with Gasteiger partial charge in [-0.15, -0.1) is 0 Å². The molecule has 0 aliphatic heterocycles. The molecule has 1 heterocycles. The average Bonchev–Trinajstić information content (AvgIpc) is 2.90. The van der Waals surface area contributed by atoms with E-state index >= 15 is 0 Å². The maximum atomic E-state index is 12.6. The third-order valence-corrected chi connectivity index (χ3v) is 5.59. The summed E-state index contributed by atoms with van der Waals surface area (Å²) in [4.78, 5) is 0.278. The second kappa shape index (κ2) is 6.34. The third kappa shape index (κ3) is 3.26. The highest BCUT2D eigenvalue weighted by Crippen LogP contribution is 2.30. The maximum Gasteiger partial charge on any atom is 0.240 e. The molecule has 4 nitrogen and oxygen atoms in total. The number of furan rings is 1. The van der Waals surface area contributed by atoms with Crippen LogP contribution in [0.3, 0.4) is 0 Å². The summed E-state index contributed by atoms with van der Waals surface area (Å²) in [5.41, 5.74) is 1.46. The second-order valence-electron chi connectivity index (χ2n) is 5.92. The Morgan fingerprint density at radius 2 is 1.83 bits per heavy atom. The molecule has 0 saturated heterocycles. The van der Waals surface area contributed by atoms with E-state index in [1.807, 2.05) is 31.2 Å². The van der Waals surface area contributed by atoms with Gasteiger partial charge in [0.1, 0.15) is 11.2 Å². The molecule has 0 amide bonds. The van der Waals surface area contributed by atoms with Crippen molar-refractivity contribution in [2.75, 3.05) is 0 Å². The van der Waals surface area contributed by atoms with Crippen molar-refractivity contribution in [2.45, 2.75) is 44.0 Å². The van der Waals surface area contributed by atoms with Gasteiger partial charge in [0.15, 0.2) is 0 Å². The lowest BCUT2D eigenvalue weighted by Crippen LogP contribution is -2.32. The molecular formula is C18H21NO3S. The first-order valence-corrected chi connectivity index (χ1v) is 9.43. The molecule has 0 saturated carbocycles. The van der Waals surface area contributed by atoms with E-state index in [0.717, 1.165) is 35.6 Å². The molecule has 1 atom stereocenters. The zero-order valence-corrected chi connectivity index (χ0v) is 14.2. The molecule has 0 fully saturated rings. The van der Waals surface area contributed by atoms with Crippen molar-refractivity contribution in [1.82, 2.24) is 4.72 Å². The Hall–Kier alpha value is -1.85. The molecule has 1 aromatic heterocycles. The Balaban J connectivity index is 1.97. The van der Waals surface area contributed by atoms with Crippen LogP contribution in [0.2, 0.25) is 0 Å². The van der Waals surface area contributed by atoms with E-state index in [-0.39, 0.29) is 10.9 Å². The number of unbranched alkanes of at least 4 members (excludes halogenated alkanes) is 1. The average molecular weight is 331 g/mol. The van der Waals surface area contributed by atoms with Gasteiger partial charge in [-0.2, -0.15) is 0 Å². The Morgan fingerprint density at radius 3 is 2.61 bits per heavy atom. The number of hydrogen-bond acceptors (Lipinski definition) is 3. The molecule has 23 heavy (non-hydrogen) atoms. The van der Waals surface area contributed by atoms with E-state index in [9.17, 15) is 8.42 Å². The number of hydrogen-bond donors (Lipinski definition) is 1. The normalized spacial score (nSPS) is 13.7. The summed E-state index contributed by atoms with van der Waals surface area (Å²) in [6.45, 7) is 4.00. The minimum Gasteiger partial charge on any atom is -0.456 e. The molecule has 0 aliphatic carbocycles. The molecule has 2 aromatic carbocycles. The molecule has 1 unspecified atom stereocenters. The SMILES string of the molecule is CCCCC(C)NS(=O)(=O)c1ccc2oc3ccccc3c2c1. The summed E-state index contributed by atoms with van der Waals surface area (Å²) in [7, 11) is -3.52. The number of sulfonamides is 1. The van der Waals surface area contributed by atoms with E-state index < -0.39 is 10.0 Å². The van der Waals surface area contributed by atoms with E-state index in [1.165, 1.54) is 0 Å². The van der Waals surface area contributed by atoms with E-state index in [0.29, 0.717) is 5.58 Å². The molecule has 1 N–H and O–H groups in total. The highest BCUT2D eigenvalue weighted by molar-refractivity contribution is 7.89. The van der Waals surface area contributed by atoms with Crippen LogP contribution in [0.25, 0.3) is 21.9 Å². The first-order chi connectivity index (χ1) is 11.0. The van der Waals surface area contributed by atoms with Crippen molar-refractivity contribution in [3.8, 4) is 0 Å². The first-order valence-electron chi connectivity index (χ1n) is 7.95. The van der Waals surface area contributed by atoms with Crippen LogP contribution in [0.1, 0.15) is 33.1 Å². The van der Waals surface area contributed by atoms with Gasteiger partial charge in [0.25, 0.3) is 0 Å². The fourth-order valence-electron chi connectivity index (χ4n) is 2.77.